The number of rotatable bonds is 16. The lowest BCUT2D eigenvalue weighted by Crippen LogP contribution is -2.23. The molecule has 4 heteroatoms. The number of nitrogens with one attached hydrogen (secondary N) is 1. The maximum atomic E-state index is 13.3. The molecule has 0 radical (unpaired) electrons. The number of benzene rings is 1. The Morgan fingerprint density at radius 3 is 2.10 bits per heavy atom. The molecule has 0 spiro atoms. The molecule has 1 aromatic heterocycles. The van der Waals surface area contributed by atoms with Crippen molar-refractivity contribution in [3.05, 3.63) is 36.3 Å². The third kappa shape index (κ3) is 9.12. The van der Waals surface area contributed by atoms with Gasteiger partial charge in [0.15, 0.2) is 0 Å². The van der Waals surface area contributed by atoms with Gasteiger partial charge < -0.3 is 10.2 Å². The largest absolute Gasteiger partial charge is 0.384 e. The molecular weight excluding hydrogens is 361 g/mol. The van der Waals surface area contributed by atoms with Crippen LogP contribution in [0.1, 0.15) is 78.1 Å². The summed E-state index contributed by atoms with van der Waals surface area (Å²) in [6.45, 7) is 9.11. The first-order valence-electron chi connectivity index (χ1n) is 11.7. The van der Waals surface area contributed by atoms with Gasteiger partial charge >= 0.3 is 0 Å². The third-order valence-electron chi connectivity index (χ3n) is 5.82. The quantitative estimate of drug-likeness (QED) is 0.306. The summed E-state index contributed by atoms with van der Waals surface area (Å²) in [5.74, 6) is -0.234. The van der Waals surface area contributed by atoms with Crippen molar-refractivity contribution in [2.24, 2.45) is 0 Å². The first-order valence-corrected chi connectivity index (χ1v) is 11.7. The summed E-state index contributed by atoms with van der Waals surface area (Å²) in [4.78, 5) is 6.77. The van der Waals surface area contributed by atoms with E-state index in [9.17, 15) is 4.39 Å². The molecule has 0 amide bonds. The van der Waals surface area contributed by atoms with E-state index in [1.807, 2.05) is 12.1 Å². The molecule has 1 heterocycles. The predicted octanol–water partition coefficient (Wildman–Crippen LogP) is 7.03. The van der Waals surface area contributed by atoms with Gasteiger partial charge in [0.1, 0.15) is 5.82 Å². The predicted molar refractivity (Wildman–Crippen MR) is 124 cm³/mol. The van der Waals surface area contributed by atoms with Crippen LogP contribution in [0.2, 0.25) is 0 Å². The number of aromatic nitrogens is 1. The van der Waals surface area contributed by atoms with Gasteiger partial charge in [0, 0.05) is 29.9 Å². The van der Waals surface area contributed by atoms with E-state index in [1.165, 1.54) is 96.0 Å². The fraction of sp³-hybridized carbons (Fsp3) is 0.640. The number of halogens is 1. The molecule has 0 atom stereocenters. The van der Waals surface area contributed by atoms with E-state index in [2.05, 4.69) is 29.0 Å². The van der Waals surface area contributed by atoms with Gasteiger partial charge in [-0.3, -0.25) is 4.98 Å². The molecule has 1 aromatic carbocycles. The van der Waals surface area contributed by atoms with Crippen LogP contribution in [0, 0.1) is 5.82 Å². The molecule has 0 aliphatic carbocycles. The molecule has 29 heavy (non-hydrogen) atoms. The van der Waals surface area contributed by atoms with Crippen LogP contribution < -0.4 is 5.32 Å². The van der Waals surface area contributed by atoms with E-state index in [1.54, 1.807) is 6.20 Å². The monoisotopic (exact) mass is 401 g/mol. The topological polar surface area (TPSA) is 28.2 Å². The maximum Gasteiger partial charge on any atom is 0.125 e. The Morgan fingerprint density at radius 1 is 0.828 bits per heavy atom. The number of nitrogens with zero attached hydrogens (tertiary/aromatic N) is 2. The number of unbranched alkanes of at least 4 members (excludes halogenated alkanes) is 9. The van der Waals surface area contributed by atoms with E-state index in [0.29, 0.717) is 5.52 Å². The van der Waals surface area contributed by atoms with Crippen LogP contribution in [0.25, 0.3) is 10.9 Å². The summed E-state index contributed by atoms with van der Waals surface area (Å²) in [5, 5.41) is 4.48. The number of anilines is 1. The van der Waals surface area contributed by atoms with Crippen molar-refractivity contribution < 1.29 is 4.39 Å². The number of pyridine rings is 1. The first-order chi connectivity index (χ1) is 14.2. The summed E-state index contributed by atoms with van der Waals surface area (Å²) in [7, 11) is 0. The van der Waals surface area contributed by atoms with Crippen LogP contribution in [0.3, 0.4) is 0 Å². The van der Waals surface area contributed by atoms with Crippen LogP contribution in [0.4, 0.5) is 10.1 Å². The second-order valence-electron chi connectivity index (χ2n) is 8.01. The smallest absolute Gasteiger partial charge is 0.125 e. The van der Waals surface area contributed by atoms with Gasteiger partial charge in [-0.1, -0.05) is 65.2 Å². The van der Waals surface area contributed by atoms with Gasteiger partial charge in [0.05, 0.1) is 5.52 Å². The fourth-order valence-corrected chi connectivity index (χ4v) is 3.91. The lowest BCUT2D eigenvalue weighted by molar-refractivity contribution is 0.295. The van der Waals surface area contributed by atoms with Crippen molar-refractivity contribution in [2.75, 3.05) is 31.5 Å². The average molecular weight is 402 g/mol. The zero-order valence-electron chi connectivity index (χ0n) is 18.6. The minimum absolute atomic E-state index is 0.234. The molecule has 3 nitrogen and oxygen atoms in total. The summed E-state index contributed by atoms with van der Waals surface area (Å²) in [6, 6.07) is 6.78. The summed E-state index contributed by atoms with van der Waals surface area (Å²) < 4.78 is 13.3. The van der Waals surface area contributed by atoms with Gasteiger partial charge in [-0.25, -0.2) is 4.39 Å². The van der Waals surface area contributed by atoms with E-state index in [4.69, 9.17) is 0 Å². The Morgan fingerprint density at radius 2 is 1.45 bits per heavy atom. The van der Waals surface area contributed by atoms with Gasteiger partial charge in [-0.05, 0) is 50.7 Å². The number of hydrogen-bond acceptors (Lipinski definition) is 3. The van der Waals surface area contributed by atoms with Crippen molar-refractivity contribution in [1.29, 1.82) is 0 Å². The van der Waals surface area contributed by atoms with Crippen LogP contribution in [-0.2, 0) is 0 Å². The Bertz CT molecular complexity index is 685. The maximum absolute atomic E-state index is 13.3. The van der Waals surface area contributed by atoms with E-state index in [0.717, 1.165) is 17.6 Å². The molecule has 0 fully saturated rings. The number of hydrogen-bond donors (Lipinski definition) is 1. The fourth-order valence-electron chi connectivity index (χ4n) is 3.91. The molecule has 0 bridgehead atoms. The van der Waals surface area contributed by atoms with Crippen molar-refractivity contribution >= 4 is 16.6 Å². The molecule has 0 aliphatic heterocycles. The molecule has 162 valence electrons. The Kier molecular flexibility index (Phi) is 11.7. The second-order valence-corrected chi connectivity index (χ2v) is 8.01. The standard InChI is InChI=1S/C25H40FN3/c1-3-29(4-2)20-14-12-10-8-6-5-7-9-11-13-18-27-24-17-19-28-25-21-22(26)15-16-23(24)25/h15-17,19,21H,3-14,18,20H2,1-2H3,(H,27,28). The molecule has 0 unspecified atom stereocenters. The van der Waals surface area contributed by atoms with Crippen molar-refractivity contribution in [2.45, 2.75) is 78.1 Å². The van der Waals surface area contributed by atoms with Crippen molar-refractivity contribution in [3.63, 3.8) is 0 Å². The number of fused-ring (bicyclic) bond motifs is 1. The zero-order chi connectivity index (χ0) is 20.7. The summed E-state index contributed by atoms with van der Waals surface area (Å²) >= 11 is 0. The lowest BCUT2D eigenvalue weighted by Gasteiger charge is -2.17. The molecular formula is C25H40FN3. The Hall–Kier alpha value is -1.68. The minimum atomic E-state index is -0.234. The van der Waals surface area contributed by atoms with E-state index < -0.39 is 0 Å². The van der Waals surface area contributed by atoms with Crippen molar-refractivity contribution in [1.82, 2.24) is 9.88 Å². The zero-order valence-corrected chi connectivity index (χ0v) is 18.6. The van der Waals surface area contributed by atoms with Gasteiger partial charge in [0.2, 0.25) is 0 Å². The highest BCUT2D eigenvalue weighted by atomic mass is 19.1. The average Bonchev–Trinajstić information content (AvgIpc) is 2.74. The SMILES string of the molecule is CCN(CC)CCCCCCCCCCCCNc1ccnc2cc(F)ccc12. The summed E-state index contributed by atoms with van der Waals surface area (Å²) in [5.41, 5.74) is 1.76. The first kappa shape index (κ1) is 23.6. The second kappa shape index (κ2) is 14.3. The third-order valence-corrected chi connectivity index (χ3v) is 5.82. The van der Waals surface area contributed by atoms with E-state index in [-0.39, 0.29) is 5.82 Å². The molecule has 1 N–H and O–H groups in total. The van der Waals surface area contributed by atoms with Gasteiger partial charge in [-0.15, -0.1) is 0 Å². The Balaban J connectivity index is 1.44. The van der Waals surface area contributed by atoms with Gasteiger partial charge in [0.25, 0.3) is 0 Å². The summed E-state index contributed by atoms with van der Waals surface area (Å²) in [6.07, 6.45) is 15.2. The highest BCUT2D eigenvalue weighted by Crippen LogP contribution is 2.22. The van der Waals surface area contributed by atoms with Crippen LogP contribution in [-0.4, -0.2) is 36.1 Å². The van der Waals surface area contributed by atoms with E-state index >= 15 is 0 Å². The van der Waals surface area contributed by atoms with Crippen molar-refractivity contribution in [3.8, 4) is 0 Å². The Labute approximate surface area is 177 Å². The molecule has 0 saturated heterocycles. The van der Waals surface area contributed by atoms with Crippen LogP contribution in [0.15, 0.2) is 30.5 Å². The van der Waals surface area contributed by atoms with Gasteiger partial charge in [-0.2, -0.15) is 0 Å². The molecule has 2 aromatic rings. The normalized spacial score (nSPS) is 11.4. The van der Waals surface area contributed by atoms with Crippen LogP contribution in [0.5, 0.6) is 0 Å². The molecule has 0 saturated carbocycles. The van der Waals surface area contributed by atoms with Crippen LogP contribution >= 0.6 is 0 Å². The molecule has 0 aliphatic rings. The highest BCUT2D eigenvalue weighted by molar-refractivity contribution is 5.90. The lowest BCUT2D eigenvalue weighted by atomic mass is 10.1. The minimum Gasteiger partial charge on any atom is -0.384 e. The molecule has 2 rings (SSSR count). The highest BCUT2D eigenvalue weighted by Gasteiger charge is 2.03.